The number of hydrogen-bond acceptors (Lipinski definition) is 5. The Labute approximate surface area is 201 Å². The Morgan fingerprint density at radius 3 is 2.76 bits per heavy atom. The molecule has 0 saturated carbocycles. The number of methoxy groups -OCH3 is 1. The lowest BCUT2D eigenvalue weighted by Gasteiger charge is -2.12. The van der Waals surface area contributed by atoms with E-state index in [2.05, 4.69) is 38.4 Å². The summed E-state index contributed by atoms with van der Waals surface area (Å²) in [4.78, 5) is 11.9. The predicted octanol–water partition coefficient (Wildman–Crippen LogP) is 5.12. The van der Waals surface area contributed by atoms with Crippen molar-refractivity contribution in [2.75, 3.05) is 32.8 Å². The molecule has 1 amide bonds. The van der Waals surface area contributed by atoms with Crippen LogP contribution in [0.15, 0.2) is 52.1 Å². The zero-order valence-electron chi connectivity index (χ0n) is 17.5. The van der Waals surface area contributed by atoms with Crippen molar-refractivity contribution in [2.45, 2.75) is 10.5 Å². The Kier molecular flexibility index (Phi) is 8.18. The van der Waals surface area contributed by atoms with Gasteiger partial charge >= 0.3 is 5.51 Å². The van der Waals surface area contributed by atoms with Crippen molar-refractivity contribution in [1.29, 1.82) is 0 Å². The highest BCUT2D eigenvalue weighted by atomic mass is 79.9. The summed E-state index contributed by atoms with van der Waals surface area (Å²) >= 11 is 3.15. The number of halogens is 4. The summed E-state index contributed by atoms with van der Waals surface area (Å²) in [5, 5.41) is 5.58. The average Bonchev–Trinajstić information content (AvgIpc) is 3.12. The Balaban J connectivity index is 1.84. The molecule has 3 rings (SSSR count). The van der Waals surface area contributed by atoms with Crippen molar-refractivity contribution >= 4 is 44.8 Å². The number of benzene rings is 1. The monoisotopic (exact) mass is 541 g/mol. The second-order valence-corrected chi connectivity index (χ2v) is 8.43. The molecule has 0 aliphatic carbocycles. The van der Waals surface area contributed by atoms with Crippen LogP contribution in [0.4, 0.5) is 18.9 Å². The molecule has 0 bridgehead atoms. The average molecular weight is 542 g/mol. The van der Waals surface area contributed by atoms with Gasteiger partial charge in [0.1, 0.15) is 10.8 Å². The van der Waals surface area contributed by atoms with Crippen LogP contribution in [0, 0.1) is 11.8 Å². The summed E-state index contributed by atoms with van der Waals surface area (Å²) < 4.78 is 51.9. The highest BCUT2D eigenvalue weighted by molar-refractivity contribution is 9.10. The zero-order valence-corrected chi connectivity index (χ0v) is 20.0. The number of rotatable bonds is 7. The summed E-state index contributed by atoms with van der Waals surface area (Å²) in [6.45, 7) is 0.105. The van der Waals surface area contributed by atoms with Crippen LogP contribution in [0.2, 0.25) is 0 Å². The van der Waals surface area contributed by atoms with Crippen LogP contribution in [-0.2, 0) is 4.74 Å². The van der Waals surface area contributed by atoms with E-state index in [9.17, 15) is 18.0 Å². The van der Waals surface area contributed by atoms with Crippen molar-refractivity contribution < 1.29 is 27.4 Å². The number of nitrogens with one attached hydrogen (secondary N) is 2. The fraction of sp³-hybridized carbons (Fsp3) is 0.227. The molecule has 2 N–H and O–H groups in total. The SMILES string of the molecule is CNC(=O)c1ccc(NCC#Cc2cc3c(Br)cccn3c2SC(F)(F)F)c(OCOC)c1. The van der Waals surface area contributed by atoms with E-state index in [4.69, 9.17) is 9.47 Å². The van der Waals surface area contributed by atoms with Gasteiger partial charge in [-0.25, -0.2) is 0 Å². The van der Waals surface area contributed by atoms with Crippen molar-refractivity contribution in [3.63, 3.8) is 0 Å². The Morgan fingerprint density at radius 2 is 2.06 bits per heavy atom. The van der Waals surface area contributed by atoms with Gasteiger partial charge in [-0.05, 0) is 52.3 Å². The number of alkyl halides is 3. The van der Waals surface area contributed by atoms with Crippen molar-refractivity contribution in [3.8, 4) is 17.6 Å². The Bertz CT molecular complexity index is 1220. The molecule has 3 aromatic rings. The van der Waals surface area contributed by atoms with Gasteiger partial charge in [-0.2, -0.15) is 13.2 Å². The number of anilines is 1. The highest BCUT2D eigenvalue weighted by Crippen LogP contribution is 2.40. The lowest BCUT2D eigenvalue weighted by molar-refractivity contribution is -0.0329. The summed E-state index contributed by atoms with van der Waals surface area (Å²) in [5.41, 5.74) is -2.65. The topological polar surface area (TPSA) is 64.0 Å². The Hall–Kier alpha value is -2.81. The second kappa shape index (κ2) is 10.9. The predicted molar refractivity (Wildman–Crippen MR) is 125 cm³/mol. The summed E-state index contributed by atoms with van der Waals surface area (Å²) in [6.07, 6.45) is 1.56. The molecular formula is C22H19BrF3N3O3S. The van der Waals surface area contributed by atoms with Gasteiger partial charge in [0.15, 0.2) is 6.79 Å². The van der Waals surface area contributed by atoms with Crippen molar-refractivity contribution in [3.05, 3.63) is 58.2 Å². The zero-order chi connectivity index (χ0) is 24.0. The van der Waals surface area contributed by atoms with E-state index in [1.807, 2.05) is 0 Å². The number of fused-ring (bicyclic) bond motifs is 1. The van der Waals surface area contributed by atoms with E-state index < -0.39 is 5.51 Å². The Morgan fingerprint density at radius 1 is 1.27 bits per heavy atom. The fourth-order valence-corrected chi connectivity index (χ4v) is 4.07. The molecule has 2 aromatic heterocycles. The molecule has 0 aliphatic rings. The maximum Gasteiger partial charge on any atom is 0.447 e. The van der Waals surface area contributed by atoms with Gasteiger partial charge in [-0.3, -0.25) is 4.79 Å². The maximum absolute atomic E-state index is 13.1. The molecule has 0 atom stereocenters. The first-order chi connectivity index (χ1) is 15.7. The van der Waals surface area contributed by atoms with E-state index in [0.717, 1.165) is 0 Å². The van der Waals surface area contributed by atoms with E-state index in [1.54, 1.807) is 42.6 Å². The van der Waals surface area contributed by atoms with E-state index in [1.165, 1.54) is 18.6 Å². The molecule has 0 radical (unpaired) electrons. The normalized spacial score (nSPS) is 11.1. The van der Waals surface area contributed by atoms with E-state index in [-0.39, 0.29) is 41.6 Å². The number of hydrogen-bond donors (Lipinski definition) is 2. The minimum Gasteiger partial charge on any atom is -0.465 e. The van der Waals surface area contributed by atoms with Crippen LogP contribution in [0.5, 0.6) is 5.75 Å². The molecule has 0 spiro atoms. The van der Waals surface area contributed by atoms with Gasteiger partial charge in [-0.15, -0.1) is 0 Å². The molecule has 6 nitrogen and oxygen atoms in total. The second-order valence-electron chi connectivity index (χ2n) is 6.52. The number of aromatic nitrogens is 1. The van der Waals surface area contributed by atoms with Crippen LogP contribution >= 0.6 is 27.7 Å². The number of carbonyl (C=O) groups excluding carboxylic acids is 1. The van der Waals surface area contributed by atoms with Gasteiger partial charge in [0.2, 0.25) is 0 Å². The molecule has 0 saturated heterocycles. The number of carbonyl (C=O) groups is 1. The number of nitrogens with zero attached hydrogens (tertiary/aromatic N) is 1. The molecule has 2 heterocycles. The standard InChI is InChI=1S/C22H19BrF3N3O3S/c1-27-20(30)14-7-8-17(19(12-14)32-13-31-2)28-9-3-5-15-11-18-16(23)6-4-10-29(18)21(15)33-22(24,25)26/h4,6-8,10-12,28H,9,13H2,1-2H3,(H,27,30). The lowest BCUT2D eigenvalue weighted by atomic mass is 10.1. The number of thioether (sulfide) groups is 1. The molecule has 1 aromatic carbocycles. The molecular weight excluding hydrogens is 523 g/mol. The third-order valence-corrected chi connectivity index (χ3v) is 5.83. The van der Waals surface area contributed by atoms with Gasteiger partial charge in [0.05, 0.1) is 23.3 Å². The minimum absolute atomic E-state index is 0.00894. The minimum atomic E-state index is -4.45. The van der Waals surface area contributed by atoms with Crippen molar-refractivity contribution in [1.82, 2.24) is 9.72 Å². The van der Waals surface area contributed by atoms with Gasteiger partial charge in [0, 0.05) is 42.2 Å². The first-order valence-electron chi connectivity index (χ1n) is 9.49. The summed E-state index contributed by atoms with van der Waals surface area (Å²) in [7, 11) is 2.99. The van der Waals surface area contributed by atoms with Gasteiger partial charge < -0.3 is 24.5 Å². The molecule has 11 heteroatoms. The first kappa shape index (κ1) is 24.8. The third kappa shape index (κ3) is 6.37. The highest BCUT2D eigenvalue weighted by Gasteiger charge is 2.32. The molecule has 0 unspecified atom stereocenters. The van der Waals surface area contributed by atoms with Crippen molar-refractivity contribution in [2.24, 2.45) is 0 Å². The number of ether oxygens (including phenoxy) is 2. The fourth-order valence-electron chi connectivity index (χ4n) is 2.92. The maximum atomic E-state index is 13.1. The van der Waals surface area contributed by atoms with Crippen LogP contribution < -0.4 is 15.4 Å². The third-order valence-electron chi connectivity index (χ3n) is 4.32. The van der Waals surface area contributed by atoms with Gasteiger partial charge in [0.25, 0.3) is 5.91 Å². The van der Waals surface area contributed by atoms with Crippen LogP contribution in [0.25, 0.3) is 5.52 Å². The van der Waals surface area contributed by atoms with Crippen LogP contribution in [0.3, 0.4) is 0 Å². The van der Waals surface area contributed by atoms with Crippen LogP contribution in [-0.4, -0.2) is 43.3 Å². The molecule has 0 aliphatic heterocycles. The molecule has 174 valence electrons. The lowest BCUT2D eigenvalue weighted by Crippen LogP contribution is -2.18. The summed E-state index contributed by atoms with van der Waals surface area (Å²) in [5.74, 6) is 5.78. The first-order valence-corrected chi connectivity index (χ1v) is 11.1. The van der Waals surface area contributed by atoms with Crippen LogP contribution in [0.1, 0.15) is 15.9 Å². The quantitative estimate of drug-likeness (QED) is 0.247. The van der Waals surface area contributed by atoms with E-state index in [0.29, 0.717) is 27.0 Å². The molecule has 33 heavy (non-hydrogen) atoms. The van der Waals surface area contributed by atoms with Gasteiger partial charge in [-0.1, -0.05) is 11.8 Å². The number of pyridine rings is 1. The largest absolute Gasteiger partial charge is 0.465 e. The number of amides is 1. The summed E-state index contributed by atoms with van der Waals surface area (Å²) in [6, 6.07) is 9.84. The van der Waals surface area contributed by atoms with E-state index >= 15 is 0 Å². The molecule has 0 fully saturated rings. The smallest absolute Gasteiger partial charge is 0.447 e.